The molecule has 0 aromatic heterocycles. The van der Waals surface area contributed by atoms with Crippen LogP contribution in [-0.2, 0) is 0 Å². The fourth-order valence-electron chi connectivity index (χ4n) is 17.2. The maximum absolute atomic E-state index is 11.9. The lowest BCUT2D eigenvalue weighted by Gasteiger charge is -2.22. The van der Waals surface area contributed by atoms with E-state index >= 15 is 0 Å². The monoisotopic (exact) mass is 1820 g/mol. The number of Topliss-reactive ketones (excluding diaryl/α,β-unsaturated/α-hetero) is 5. The molecule has 7 aromatic carbocycles. The smallest absolute Gasteiger partial charge is 0.162 e. The summed E-state index contributed by atoms with van der Waals surface area (Å²) in [6.45, 7) is 33.0. The van der Waals surface area contributed by atoms with Crippen LogP contribution in [-0.4, -0.2) is 85.4 Å². The molecule has 4 fully saturated rings. The molecule has 2 unspecified atom stereocenters. The zero-order valence-corrected chi connectivity index (χ0v) is 84.3. The summed E-state index contributed by atoms with van der Waals surface area (Å²) in [5.74, 6) is 11.6. The quantitative estimate of drug-likeness (QED) is 0.0270. The first-order chi connectivity index (χ1) is 64.3. The minimum Gasteiger partial charge on any atom is -0.493 e. The summed E-state index contributed by atoms with van der Waals surface area (Å²) in [5, 5.41) is 20.0. The Bertz CT molecular complexity index is 4040. The van der Waals surface area contributed by atoms with Gasteiger partial charge in [-0.25, -0.2) is 0 Å². The molecule has 0 bridgehead atoms. The Hall–Kier alpha value is -8.59. The second kappa shape index (κ2) is 71.0. The van der Waals surface area contributed by atoms with Crippen molar-refractivity contribution >= 4 is 28.9 Å². The van der Waals surface area contributed by atoms with Crippen LogP contribution in [0.2, 0.25) is 0 Å². The highest BCUT2D eigenvalue weighted by Crippen LogP contribution is 2.33. The largest absolute Gasteiger partial charge is 0.493 e. The van der Waals surface area contributed by atoms with Gasteiger partial charge in [-0.3, -0.25) is 24.0 Å². The number of carbonyl (C=O) groups excluding carboxylic acids is 5. The van der Waals surface area contributed by atoms with E-state index in [1.54, 1.807) is 0 Å². The van der Waals surface area contributed by atoms with Crippen LogP contribution < -0.4 is 33.2 Å². The topological polar surface area (TPSA) is 190 Å². The van der Waals surface area contributed by atoms with E-state index in [0.717, 1.165) is 215 Å². The van der Waals surface area contributed by atoms with Crippen LogP contribution in [0.5, 0.6) is 40.2 Å². The molecule has 0 amide bonds. The van der Waals surface area contributed by atoms with Crippen molar-refractivity contribution in [2.24, 2.45) is 41.4 Å². The minimum absolute atomic E-state index is 0.200. The summed E-state index contributed by atoms with van der Waals surface area (Å²) in [4.78, 5) is 59.2. The van der Waals surface area contributed by atoms with E-state index in [-0.39, 0.29) is 41.1 Å². The zero-order chi connectivity index (χ0) is 95.6. The third-order valence-corrected chi connectivity index (χ3v) is 25.8. The molecule has 732 valence electrons. The normalized spacial score (nSPS) is 14.5. The number of aliphatic hydroxyl groups is 2. The van der Waals surface area contributed by atoms with Crippen LogP contribution in [0, 0.1) is 41.4 Å². The number of aliphatic hydroxyl groups excluding tert-OH is 2. The van der Waals surface area contributed by atoms with Crippen molar-refractivity contribution in [3.63, 3.8) is 0 Å². The first-order valence-corrected chi connectivity index (χ1v) is 52.4. The van der Waals surface area contributed by atoms with E-state index in [1.165, 1.54) is 154 Å². The van der Waals surface area contributed by atoms with Crippen LogP contribution >= 0.6 is 0 Å². The predicted molar refractivity (Wildman–Crippen MR) is 547 cm³/mol. The lowest BCUT2D eigenvalue weighted by molar-refractivity contribution is 0.0973. The number of benzene rings is 7. The van der Waals surface area contributed by atoms with Gasteiger partial charge in [0.1, 0.15) is 40.2 Å². The Morgan fingerprint density at radius 3 is 0.689 bits per heavy atom. The Labute approximate surface area is 800 Å². The lowest BCUT2D eigenvalue weighted by atomic mass is 9.90. The van der Waals surface area contributed by atoms with Crippen LogP contribution in [0.4, 0.5) is 0 Å². The highest BCUT2D eigenvalue weighted by Gasteiger charge is 2.21. The summed E-state index contributed by atoms with van der Waals surface area (Å²) in [6, 6.07) is 53.8. The maximum atomic E-state index is 11.9. The fourth-order valence-corrected chi connectivity index (χ4v) is 17.2. The number of hydrogen-bond donors (Lipinski definition) is 2. The van der Waals surface area contributed by atoms with Gasteiger partial charge in [0.05, 0.1) is 58.5 Å². The summed E-state index contributed by atoms with van der Waals surface area (Å²) in [5.41, 5.74) is 5.81. The standard InChI is InChI=1S/C18H26O2.C18H28O2.C17H26O2.C17H24O2.C16H22O2.C16H26O2.C16H24O2/c1-2-8-18(19)16-11-7-12-17(13-16)20-14-15-9-5-3-4-6-10-15;1-4-8-15(9-5-2)14-20-17-12-7-11-16(13-17)18(19)10-6-3;2*1-2-7-17(18)15-10-6-11-16(12-15)19-13-14-8-4-3-5-9-14;1-2-6-16(17)14-9-5-10-15(11-14)18-12-13-7-3-4-8-13;2*1-4-8-16(17)14-9-7-10-15(11-14)18-12-13(5-2)6-3/h7,11-13,15H,2-6,8-10,14H2,1H3;7,11-13,15H,4-6,8-10,14H2,1-3H3;6,10-12,14,17-18H,2-5,7-9,13H2,1H3;6,10-12,14H,2-5,7-9,13H2,1H3;5,9-11,13H,2-4,6-8,12H2,1H3;7,9-11,13,16-17H,4-6,8,12H2,1-3H3;7,9-11,13H,4-6,8,12H2,1-3H3. The first-order valence-electron chi connectivity index (χ1n) is 52.4. The molecular weight excluding hydrogens is 1640 g/mol. The van der Waals surface area contributed by atoms with Gasteiger partial charge in [-0.05, 0) is 247 Å². The van der Waals surface area contributed by atoms with Gasteiger partial charge in [-0.15, -0.1) is 0 Å². The van der Waals surface area contributed by atoms with E-state index in [4.69, 9.17) is 33.2 Å². The van der Waals surface area contributed by atoms with Gasteiger partial charge in [0, 0.05) is 59.9 Å². The third kappa shape index (κ3) is 48.0. The molecule has 2 atom stereocenters. The van der Waals surface area contributed by atoms with Crippen molar-refractivity contribution in [2.75, 3.05) is 46.2 Å². The van der Waals surface area contributed by atoms with Crippen LogP contribution in [0.3, 0.4) is 0 Å². The van der Waals surface area contributed by atoms with Crippen LogP contribution in [0.25, 0.3) is 0 Å². The van der Waals surface area contributed by atoms with E-state index in [1.807, 2.05) is 204 Å². The molecule has 132 heavy (non-hydrogen) atoms. The van der Waals surface area contributed by atoms with Crippen LogP contribution in [0.15, 0.2) is 170 Å². The van der Waals surface area contributed by atoms with Crippen molar-refractivity contribution in [1.29, 1.82) is 0 Å². The number of rotatable bonds is 50. The van der Waals surface area contributed by atoms with E-state index in [2.05, 4.69) is 55.4 Å². The Morgan fingerprint density at radius 2 is 0.455 bits per heavy atom. The average Bonchev–Trinajstić information content (AvgIpc) is 0.939. The number of ketones is 5. The molecule has 14 nitrogen and oxygen atoms in total. The third-order valence-electron chi connectivity index (χ3n) is 25.8. The molecule has 0 radical (unpaired) electrons. The average molecular weight is 1820 g/mol. The SMILES string of the molecule is CCCC(=O)c1cccc(OCC(CC)CC)c1.CCCC(=O)c1cccc(OCC(CCC)CCC)c1.CCCC(=O)c1cccc(OCC2CCCC2)c1.CCCC(=O)c1cccc(OCC2CCCCC2)c1.CCCC(=O)c1cccc(OCC2CCCCCC2)c1.CCCC(O)c1cccc(OCC(CC)CC)c1.CCCC(O)c1cccc(OCC2CCCCC2)c1. The summed E-state index contributed by atoms with van der Waals surface area (Å²) in [6.07, 6.45) is 46.3. The van der Waals surface area contributed by atoms with Gasteiger partial charge in [0.25, 0.3) is 0 Å². The van der Waals surface area contributed by atoms with Crippen molar-refractivity contribution in [2.45, 2.75) is 372 Å². The van der Waals surface area contributed by atoms with Gasteiger partial charge in [0.15, 0.2) is 28.9 Å². The number of carbonyl (C=O) groups is 5. The summed E-state index contributed by atoms with van der Waals surface area (Å²) >= 11 is 0. The Balaban J connectivity index is 0.000000273. The highest BCUT2D eigenvalue weighted by atomic mass is 16.5. The predicted octanol–water partition coefficient (Wildman–Crippen LogP) is 32.4. The van der Waals surface area contributed by atoms with Crippen molar-refractivity contribution < 1.29 is 67.3 Å². The van der Waals surface area contributed by atoms with E-state index in [9.17, 15) is 34.2 Å². The second-order valence-corrected chi connectivity index (χ2v) is 37.3. The molecular formula is C118H176O14. The molecule has 2 N–H and O–H groups in total. The highest BCUT2D eigenvalue weighted by molar-refractivity contribution is 5.98. The van der Waals surface area contributed by atoms with Gasteiger partial charge in [-0.1, -0.05) is 303 Å². The molecule has 0 heterocycles. The molecule has 7 aromatic rings. The number of hydrogen-bond acceptors (Lipinski definition) is 14. The Morgan fingerprint density at radius 1 is 0.250 bits per heavy atom. The van der Waals surface area contributed by atoms with Crippen LogP contribution in [0.1, 0.15) is 435 Å². The molecule has 0 aliphatic heterocycles. The van der Waals surface area contributed by atoms with E-state index < -0.39 is 0 Å². The fraction of sp³-hybridized carbons (Fsp3) is 0.602. The Kier molecular flexibility index (Phi) is 61.3. The molecule has 11 rings (SSSR count). The van der Waals surface area contributed by atoms with Gasteiger partial charge < -0.3 is 43.4 Å². The maximum Gasteiger partial charge on any atom is 0.162 e. The van der Waals surface area contributed by atoms with Gasteiger partial charge in [-0.2, -0.15) is 0 Å². The summed E-state index contributed by atoms with van der Waals surface area (Å²) < 4.78 is 41.0. The first kappa shape index (κ1) is 114. The van der Waals surface area contributed by atoms with Crippen molar-refractivity contribution in [3.05, 3.63) is 209 Å². The van der Waals surface area contributed by atoms with Gasteiger partial charge in [0.2, 0.25) is 0 Å². The lowest BCUT2D eigenvalue weighted by Crippen LogP contribution is -2.15. The zero-order valence-electron chi connectivity index (χ0n) is 84.3. The van der Waals surface area contributed by atoms with Crippen molar-refractivity contribution in [1.82, 2.24) is 0 Å². The second-order valence-electron chi connectivity index (χ2n) is 37.3. The number of ether oxygens (including phenoxy) is 7. The molecule has 14 heteroatoms. The van der Waals surface area contributed by atoms with E-state index in [0.29, 0.717) is 67.6 Å². The molecule has 4 aliphatic rings. The molecule has 0 spiro atoms. The minimum atomic E-state index is -0.369. The molecule has 0 saturated heterocycles. The summed E-state index contributed by atoms with van der Waals surface area (Å²) in [7, 11) is 0. The van der Waals surface area contributed by atoms with Gasteiger partial charge >= 0.3 is 0 Å². The molecule has 4 saturated carbocycles. The molecule has 4 aliphatic carbocycles. The van der Waals surface area contributed by atoms with Crippen molar-refractivity contribution in [3.8, 4) is 40.2 Å².